The van der Waals surface area contributed by atoms with Crippen LogP contribution in [0.3, 0.4) is 0 Å². The van der Waals surface area contributed by atoms with Gasteiger partial charge in [0.2, 0.25) is 0 Å². The van der Waals surface area contributed by atoms with Crippen LogP contribution in [0, 0.1) is 0 Å². The molecular weight excluding hydrogens is 202 g/mol. The van der Waals surface area contributed by atoms with Gasteiger partial charge in [-0.1, -0.05) is 61.3 Å². The number of thioether (sulfide) groups is 1. The van der Waals surface area contributed by atoms with Crippen molar-refractivity contribution >= 4 is 11.8 Å². The maximum absolute atomic E-state index is 3.80. The van der Waals surface area contributed by atoms with Gasteiger partial charge in [0.05, 0.1) is 0 Å². The summed E-state index contributed by atoms with van der Waals surface area (Å²) in [6, 6.07) is 10.4. The fourth-order valence-corrected chi connectivity index (χ4v) is 2.63. The third kappa shape index (κ3) is 2.00. The number of rotatable bonds is 3. The number of nitrogens with one attached hydrogen (secondary N) is 1. The zero-order valence-corrected chi connectivity index (χ0v) is 9.26. The van der Waals surface area contributed by atoms with Crippen molar-refractivity contribution < 1.29 is 0 Å². The summed E-state index contributed by atoms with van der Waals surface area (Å²) in [5, 5.41) is 3.70. The van der Waals surface area contributed by atoms with E-state index in [4.69, 9.17) is 0 Å². The van der Waals surface area contributed by atoms with E-state index in [0.29, 0.717) is 0 Å². The van der Waals surface area contributed by atoms with Crippen molar-refractivity contribution in [1.29, 1.82) is 0 Å². The van der Waals surface area contributed by atoms with Crippen LogP contribution < -0.4 is 5.32 Å². The zero-order chi connectivity index (χ0) is 10.7. The van der Waals surface area contributed by atoms with Crippen LogP contribution >= 0.6 is 11.8 Å². The molecule has 1 unspecified atom stereocenters. The van der Waals surface area contributed by atoms with Gasteiger partial charge in [-0.3, -0.25) is 0 Å². The summed E-state index contributed by atoms with van der Waals surface area (Å²) in [4.78, 5) is 1.17. The molecule has 1 aliphatic heterocycles. The molecule has 1 aliphatic rings. The lowest BCUT2D eigenvalue weighted by Crippen LogP contribution is -2.11. The third-order valence-corrected chi connectivity index (χ3v) is 3.55. The van der Waals surface area contributed by atoms with Gasteiger partial charge >= 0.3 is 0 Å². The van der Waals surface area contributed by atoms with E-state index in [1.807, 2.05) is 18.2 Å². The molecule has 1 nitrogen and oxygen atoms in total. The molecule has 2 heteroatoms. The Bertz CT molecular complexity index is 386. The molecule has 1 heterocycles. The third-order valence-electron chi connectivity index (χ3n) is 2.29. The minimum Gasteiger partial charge on any atom is -0.368 e. The predicted molar refractivity (Wildman–Crippen MR) is 67.3 cm³/mol. The van der Waals surface area contributed by atoms with E-state index >= 15 is 0 Å². The Balaban J connectivity index is 2.20. The summed E-state index contributed by atoms with van der Waals surface area (Å²) in [5.74, 6) is 0. The maximum atomic E-state index is 3.80. The van der Waals surface area contributed by atoms with Crippen molar-refractivity contribution in [3.05, 3.63) is 71.8 Å². The summed E-state index contributed by atoms with van der Waals surface area (Å²) in [5.41, 5.74) is 2.35. The lowest BCUT2D eigenvalue weighted by Gasteiger charge is -2.11. The van der Waals surface area contributed by atoms with Gasteiger partial charge in [-0.05, 0) is 11.6 Å². The summed E-state index contributed by atoms with van der Waals surface area (Å²) in [6.45, 7) is 7.59. The second kappa shape index (κ2) is 4.41. The lowest BCUT2D eigenvalue weighted by atomic mass is 10.2. The average Bonchev–Trinajstić information content (AvgIpc) is 2.73. The van der Waals surface area contributed by atoms with Crippen molar-refractivity contribution in [3.8, 4) is 0 Å². The number of allylic oxidation sites excluding steroid dienone is 2. The van der Waals surface area contributed by atoms with Gasteiger partial charge in [-0.15, -0.1) is 0 Å². The fraction of sp³-hybridized carbons (Fsp3) is 0.0769. The number of hydrogen-bond acceptors (Lipinski definition) is 2. The van der Waals surface area contributed by atoms with E-state index in [1.165, 1.54) is 10.5 Å². The average molecular weight is 215 g/mol. The Labute approximate surface area is 94.6 Å². The first-order chi connectivity index (χ1) is 7.35. The Hall–Kier alpha value is -1.41. The molecule has 0 aliphatic carbocycles. The number of benzene rings is 1. The molecule has 0 amide bonds. The molecule has 1 aromatic rings. The Kier molecular flexibility index (Phi) is 2.97. The van der Waals surface area contributed by atoms with Gasteiger partial charge in [0.15, 0.2) is 0 Å². The highest BCUT2D eigenvalue weighted by atomic mass is 32.2. The standard InChI is InChI=1S/C13H13NS/c1-3-11-12(4-2)15-13(14-11)10-8-6-5-7-9-10/h3-9,13-14H,1-2H2. The Morgan fingerprint density at radius 1 is 1.13 bits per heavy atom. The first-order valence-corrected chi connectivity index (χ1v) is 5.70. The van der Waals surface area contributed by atoms with E-state index in [2.05, 4.69) is 42.7 Å². The van der Waals surface area contributed by atoms with Gasteiger partial charge in [-0.25, -0.2) is 0 Å². The van der Waals surface area contributed by atoms with Gasteiger partial charge in [-0.2, -0.15) is 0 Å². The predicted octanol–water partition coefficient (Wildman–Crippen LogP) is 3.61. The van der Waals surface area contributed by atoms with Gasteiger partial charge in [0.1, 0.15) is 5.37 Å². The van der Waals surface area contributed by atoms with Crippen LogP contribution in [0.15, 0.2) is 66.2 Å². The fourth-order valence-electron chi connectivity index (χ4n) is 1.53. The zero-order valence-electron chi connectivity index (χ0n) is 8.44. The largest absolute Gasteiger partial charge is 0.368 e. The Morgan fingerprint density at radius 3 is 2.40 bits per heavy atom. The second-order valence-electron chi connectivity index (χ2n) is 3.24. The minimum absolute atomic E-state index is 0.284. The minimum atomic E-state index is 0.284. The smallest absolute Gasteiger partial charge is 0.103 e. The quantitative estimate of drug-likeness (QED) is 0.826. The van der Waals surface area contributed by atoms with Crippen LogP contribution in [0.5, 0.6) is 0 Å². The van der Waals surface area contributed by atoms with E-state index < -0.39 is 0 Å². The highest BCUT2D eigenvalue weighted by Gasteiger charge is 2.21. The van der Waals surface area contributed by atoms with Gasteiger partial charge in [0, 0.05) is 10.6 Å². The highest BCUT2D eigenvalue weighted by Crippen LogP contribution is 2.40. The van der Waals surface area contributed by atoms with Crippen molar-refractivity contribution in [2.45, 2.75) is 5.37 Å². The van der Waals surface area contributed by atoms with Crippen LogP contribution in [0.1, 0.15) is 10.9 Å². The van der Waals surface area contributed by atoms with Crippen LogP contribution in [0.2, 0.25) is 0 Å². The number of hydrogen-bond donors (Lipinski definition) is 1. The summed E-state index contributed by atoms with van der Waals surface area (Å²) in [7, 11) is 0. The second-order valence-corrected chi connectivity index (χ2v) is 4.39. The first kappa shape index (κ1) is 10.1. The van der Waals surface area contributed by atoms with E-state index in [-0.39, 0.29) is 5.37 Å². The van der Waals surface area contributed by atoms with E-state index in [0.717, 1.165) is 5.70 Å². The van der Waals surface area contributed by atoms with Crippen LogP contribution in [-0.4, -0.2) is 0 Å². The van der Waals surface area contributed by atoms with Crippen molar-refractivity contribution in [1.82, 2.24) is 5.32 Å². The molecule has 76 valence electrons. The summed E-state index contributed by atoms with van der Waals surface area (Å²) < 4.78 is 0. The van der Waals surface area contributed by atoms with Crippen molar-refractivity contribution in [3.63, 3.8) is 0 Å². The molecule has 0 radical (unpaired) electrons. The topological polar surface area (TPSA) is 12.0 Å². The molecule has 1 atom stereocenters. The monoisotopic (exact) mass is 215 g/mol. The molecule has 2 rings (SSSR count). The van der Waals surface area contributed by atoms with Gasteiger partial charge in [0.25, 0.3) is 0 Å². The van der Waals surface area contributed by atoms with E-state index in [9.17, 15) is 0 Å². The first-order valence-electron chi connectivity index (χ1n) is 4.82. The van der Waals surface area contributed by atoms with Crippen LogP contribution in [0.4, 0.5) is 0 Å². The van der Waals surface area contributed by atoms with E-state index in [1.54, 1.807) is 11.8 Å². The summed E-state index contributed by atoms with van der Waals surface area (Å²) in [6.07, 6.45) is 3.71. The molecule has 0 aromatic heterocycles. The molecule has 0 saturated carbocycles. The van der Waals surface area contributed by atoms with Gasteiger partial charge < -0.3 is 5.32 Å². The van der Waals surface area contributed by atoms with Crippen molar-refractivity contribution in [2.75, 3.05) is 0 Å². The van der Waals surface area contributed by atoms with Crippen LogP contribution in [0.25, 0.3) is 0 Å². The molecule has 1 N–H and O–H groups in total. The Morgan fingerprint density at radius 2 is 1.87 bits per heavy atom. The molecule has 1 aromatic carbocycles. The molecule has 0 spiro atoms. The molecule has 0 bridgehead atoms. The SMILES string of the molecule is C=CC1=C(C=C)SC(c2ccccc2)N1. The van der Waals surface area contributed by atoms with Crippen LogP contribution in [-0.2, 0) is 0 Å². The summed E-state index contributed by atoms with van der Waals surface area (Å²) >= 11 is 1.78. The van der Waals surface area contributed by atoms with Crippen molar-refractivity contribution in [2.24, 2.45) is 0 Å². The normalized spacial score (nSPS) is 19.9. The lowest BCUT2D eigenvalue weighted by molar-refractivity contribution is 0.829. The molecule has 0 saturated heterocycles. The molecule has 0 fully saturated rings. The molecular formula is C13H13NS. The maximum Gasteiger partial charge on any atom is 0.103 e. The highest BCUT2D eigenvalue weighted by molar-refractivity contribution is 8.03. The molecule has 15 heavy (non-hydrogen) atoms.